The summed E-state index contributed by atoms with van der Waals surface area (Å²) in [5, 5.41) is 56.8. The zero-order valence-electron chi connectivity index (χ0n) is 31.6. The van der Waals surface area contributed by atoms with Gasteiger partial charge in [-0.2, -0.15) is 15.3 Å². The van der Waals surface area contributed by atoms with Gasteiger partial charge < -0.3 is 25.4 Å². The second-order valence-corrected chi connectivity index (χ2v) is 13.5. The SMILES string of the molecule is Clc1ccc2nccn2n1.O=C(O)c1ccc(-c2ccc3ncc(Br)n3n2)cc1.O=C(O)c1ccc(-c2ccc3nccn3n2)cc1.O=C(O)c1ccc(B(O)O)cc1.[B]=NS. The molecule has 0 saturated heterocycles. The number of rotatable bonds is 6. The Hall–Kier alpha value is -7.10. The number of benzene rings is 3. The maximum atomic E-state index is 10.8. The molecule has 0 atom stereocenters. The Morgan fingerprint density at radius 1 is 0.613 bits per heavy atom. The van der Waals surface area contributed by atoms with Crippen LogP contribution in [0.3, 0.4) is 0 Å². The zero-order valence-corrected chi connectivity index (χ0v) is 34.8. The van der Waals surface area contributed by atoms with Gasteiger partial charge in [0.2, 0.25) is 0 Å². The Kier molecular flexibility index (Phi) is 16.3. The van der Waals surface area contributed by atoms with E-state index in [1.165, 1.54) is 24.3 Å². The third-order valence-electron chi connectivity index (χ3n) is 8.11. The Morgan fingerprint density at radius 3 is 1.50 bits per heavy atom. The molecule has 9 aromatic rings. The molecular weight excluding hydrogens is 906 g/mol. The molecule has 62 heavy (non-hydrogen) atoms. The molecule has 0 spiro atoms. The van der Waals surface area contributed by atoms with E-state index in [9.17, 15) is 14.4 Å². The number of nitrogens with zero attached hydrogens (tertiary/aromatic N) is 10. The summed E-state index contributed by atoms with van der Waals surface area (Å²) < 4.78 is 8.45. The summed E-state index contributed by atoms with van der Waals surface area (Å²) in [5.74, 6) is -2.90. The maximum absolute atomic E-state index is 10.8. The molecule has 0 aliphatic carbocycles. The number of carboxylic acids is 3. The molecule has 1 radical (unpaired) electrons. The molecule has 5 N–H and O–H groups in total. The van der Waals surface area contributed by atoms with E-state index in [4.69, 9.17) is 37.0 Å². The van der Waals surface area contributed by atoms with E-state index >= 15 is 0 Å². The number of hydrogen-bond donors (Lipinski definition) is 6. The molecule has 6 heterocycles. The molecule has 0 aliphatic heterocycles. The third-order valence-corrected chi connectivity index (χ3v) is 8.85. The number of thiol groups is 1. The van der Waals surface area contributed by atoms with Crippen LogP contribution < -0.4 is 5.46 Å². The van der Waals surface area contributed by atoms with Crippen molar-refractivity contribution in [3.63, 3.8) is 0 Å². The van der Waals surface area contributed by atoms with Crippen molar-refractivity contribution in [2.45, 2.75) is 0 Å². The molecule has 6 aromatic heterocycles. The molecule has 9 rings (SSSR count). The van der Waals surface area contributed by atoms with Gasteiger partial charge in [0.15, 0.2) is 16.9 Å². The van der Waals surface area contributed by atoms with Crippen LogP contribution in [0, 0.1) is 0 Å². The fourth-order valence-electron chi connectivity index (χ4n) is 5.13. The summed E-state index contributed by atoms with van der Waals surface area (Å²) in [7, 11) is 2.79. The molecule has 0 bridgehead atoms. The van der Waals surface area contributed by atoms with Gasteiger partial charge in [0.05, 0.1) is 34.3 Å². The molecule has 23 heteroatoms. The predicted molar refractivity (Wildman–Crippen MR) is 237 cm³/mol. The first-order valence-electron chi connectivity index (χ1n) is 17.5. The van der Waals surface area contributed by atoms with Crippen molar-refractivity contribution in [3.05, 3.63) is 167 Å². The van der Waals surface area contributed by atoms with Crippen LogP contribution in [0.4, 0.5) is 0 Å². The molecule has 18 nitrogen and oxygen atoms in total. The van der Waals surface area contributed by atoms with Crippen LogP contribution >= 0.6 is 40.3 Å². The van der Waals surface area contributed by atoms with Crippen LogP contribution in [-0.4, -0.2) is 102 Å². The molecule has 0 amide bonds. The zero-order chi connectivity index (χ0) is 44.8. The van der Waals surface area contributed by atoms with Gasteiger partial charge in [-0.25, -0.2) is 42.9 Å². The minimum atomic E-state index is -1.55. The normalized spacial score (nSPS) is 10.1. The van der Waals surface area contributed by atoms with Crippen LogP contribution in [0.15, 0.2) is 149 Å². The summed E-state index contributed by atoms with van der Waals surface area (Å²) >= 11 is 12.2. The molecule has 0 aliphatic rings. The monoisotopic (exact) mass is 933 g/mol. The molecule has 0 saturated carbocycles. The van der Waals surface area contributed by atoms with Crippen molar-refractivity contribution in [3.8, 4) is 22.5 Å². The van der Waals surface area contributed by atoms with E-state index in [0.717, 1.165) is 44.1 Å². The number of aromatic carboxylic acids is 3. The first-order valence-corrected chi connectivity index (χ1v) is 19.0. The molecule has 309 valence electrons. The van der Waals surface area contributed by atoms with Crippen LogP contribution in [0.5, 0.6) is 0 Å². The number of aromatic nitrogens is 9. The Balaban J connectivity index is 0.000000157. The number of halogens is 2. The first-order chi connectivity index (χ1) is 29.8. The van der Waals surface area contributed by atoms with Crippen molar-refractivity contribution in [2.75, 3.05) is 0 Å². The van der Waals surface area contributed by atoms with E-state index in [-0.39, 0.29) is 22.2 Å². The standard InChI is InChI=1S/C13H8BrN3O2.C13H9N3O2.C7H7BO4.C6H4ClN3.BHNS/c14-11-7-15-12-6-5-10(16-17(11)12)8-1-3-9(4-2-8)13(18)19;17-13(18)10-3-1-9(2-4-10)11-5-6-12-14-7-8-16(12)15-11;9-7(10)5-1-3-6(4-2-5)8(11)12;7-5-1-2-6-8-3-4-10(6)9-5;1-2-3/h1-7H,(H,18,19);1-8H,(H,17,18);1-4,11-12H,(H,9,10);1-4H;3H. The molecule has 0 unspecified atom stereocenters. The van der Waals surface area contributed by atoms with Crippen molar-refractivity contribution < 1.29 is 39.8 Å². The molecule has 0 fully saturated rings. The Labute approximate surface area is 370 Å². The van der Waals surface area contributed by atoms with Gasteiger partial charge in [0.25, 0.3) is 0 Å². The van der Waals surface area contributed by atoms with Crippen molar-refractivity contribution in [1.82, 2.24) is 43.8 Å². The van der Waals surface area contributed by atoms with E-state index < -0.39 is 25.0 Å². The van der Waals surface area contributed by atoms with Crippen LogP contribution in [-0.2, 0) is 0 Å². The number of carbonyl (C=O) groups is 3. The van der Waals surface area contributed by atoms with Gasteiger partial charge in [-0.05, 0) is 94.2 Å². The Bertz CT molecular complexity index is 2960. The van der Waals surface area contributed by atoms with Gasteiger partial charge in [0, 0.05) is 35.9 Å². The van der Waals surface area contributed by atoms with E-state index in [2.05, 4.69) is 70.9 Å². The number of hydrogen-bond acceptors (Lipinski definition) is 13. The number of imidazole rings is 3. The minimum absolute atomic E-state index is 0.124. The van der Waals surface area contributed by atoms with Crippen LogP contribution in [0.25, 0.3) is 39.5 Å². The fourth-order valence-corrected chi connectivity index (χ4v) is 5.63. The van der Waals surface area contributed by atoms with E-state index in [1.54, 1.807) is 99.1 Å². The van der Waals surface area contributed by atoms with Crippen molar-refractivity contribution in [1.29, 1.82) is 0 Å². The summed E-state index contributed by atoms with van der Waals surface area (Å²) in [6.07, 6.45) is 8.56. The van der Waals surface area contributed by atoms with Gasteiger partial charge >= 0.3 is 49.8 Å². The first kappa shape index (κ1) is 46.0. The molecule has 3 aromatic carbocycles. The fraction of sp³-hybridized carbons (Fsp3) is 0. The predicted octanol–water partition coefficient (Wildman–Crippen LogP) is 5.58. The van der Waals surface area contributed by atoms with Crippen LogP contribution in [0.2, 0.25) is 5.15 Å². The third kappa shape index (κ3) is 12.5. The Morgan fingerprint density at radius 2 is 1.03 bits per heavy atom. The van der Waals surface area contributed by atoms with Crippen molar-refractivity contribution in [2.24, 2.45) is 4.30 Å². The van der Waals surface area contributed by atoms with E-state index in [0.29, 0.717) is 5.15 Å². The summed E-state index contributed by atoms with van der Waals surface area (Å²) in [4.78, 5) is 44.2. The summed E-state index contributed by atoms with van der Waals surface area (Å²) in [6.45, 7) is 0. The van der Waals surface area contributed by atoms with Gasteiger partial charge in [-0.3, -0.25) is 0 Å². The second kappa shape index (κ2) is 21.9. The second-order valence-electron chi connectivity index (χ2n) is 12.1. The van der Waals surface area contributed by atoms with Gasteiger partial charge in [0.1, 0.15) is 9.76 Å². The topological polar surface area (TPSA) is 255 Å². The quantitative estimate of drug-likeness (QED) is 0.0880. The summed E-state index contributed by atoms with van der Waals surface area (Å²) in [6, 6.07) is 29.5. The van der Waals surface area contributed by atoms with E-state index in [1.807, 2.05) is 30.3 Å². The molecular formula is C39H29B2BrClN10O8S. The van der Waals surface area contributed by atoms with Crippen molar-refractivity contribution >= 4 is 95.4 Å². The average molecular weight is 935 g/mol. The summed E-state index contributed by atoms with van der Waals surface area (Å²) in [5.41, 5.74) is 6.52. The van der Waals surface area contributed by atoms with Gasteiger partial charge in [-0.1, -0.05) is 48.0 Å². The number of carboxylic acid groups (broad SMARTS) is 3. The number of fused-ring (bicyclic) bond motifs is 3. The van der Waals surface area contributed by atoms with Crippen LogP contribution in [0.1, 0.15) is 31.1 Å². The van der Waals surface area contributed by atoms with Gasteiger partial charge in [-0.15, -0.1) is 0 Å². The average Bonchev–Trinajstić information content (AvgIpc) is 4.04.